The number of aryl methyl sites for hydroxylation is 3. The van der Waals surface area contributed by atoms with Crippen molar-refractivity contribution in [1.29, 1.82) is 0 Å². The standard InChI is InChI=1S/C23H32N6O3S2/c1-5-7-16-9-10-17(34(31,32)28-11-13-29(4,30)14-12-28)15-18(16)22-24-20-19(8-6-2)26-27(3)21(20)23(33)25-22/h9-10,15H,5-8,11-14H2,1-4H3,(H,24,25,33). The predicted molar refractivity (Wildman–Crippen MR) is 135 cm³/mol. The van der Waals surface area contributed by atoms with Crippen LogP contribution in [0.5, 0.6) is 0 Å². The van der Waals surface area contributed by atoms with Crippen LogP contribution in [0.2, 0.25) is 0 Å². The molecular weight excluding hydrogens is 472 g/mol. The maximum atomic E-state index is 13.4. The molecule has 0 atom stereocenters. The van der Waals surface area contributed by atoms with Gasteiger partial charge in [0.05, 0.1) is 43.8 Å². The fourth-order valence-electron chi connectivity index (χ4n) is 4.46. The lowest BCUT2D eigenvalue weighted by molar-refractivity contribution is -0.864. The number of sulfonamides is 1. The summed E-state index contributed by atoms with van der Waals surface area (Å²) in [6, 6.07) is 5.21. The first-order valence-electron chi connectivity index (χ1n) is 11.7. The second kappa shape index (κ2) is 9.46. The van der Waals surface area contributed by atoms with Crippen molar-refractivity contribution in [2.45, 2.75) is 44.4 Å². The molecule has 0 unspecified atom stereocenters. The van der Waals surface area contributed by atoms with Gasteiger partial charge in [-0.2, -0.15) is 9.40 Å². The number of nitrogens with zero attached hydrogens (tertiary/aromatic N) is 5. The summed E-state index contributed by atoms with van der Waals surface area (Å²) in [6.07, 6.45) is 3.40. The molecule has 1 saturated heterocycles. The molecule has 0 saturated carbocycles. The van der Waals surface area contributed by atoms with E-state index in [9.17, 15) is 13.6 Å². The number of aromatic nitrogens is 4. The summed E-state index contributed by atoms with van der Waals surface area (Å²) in [6.45, 7) is 5.07. The number of aromatic amines is 1. The minimum atomic E-state index is -3.74. The summed E-state index contributed by atoms with van der Waals surface area (Å²) in [7, 11) is -0.306. The van der Waals surface area contributed by atoms with Crippen LogP contribution in [-0.2, 0) is 29.9 Å². The van der Waals surface area contributed by atoms with E-state index in [0.29, 0.717) is 10.5 Å². The lowest BCUT2D eigenvalue weighted by Crippen LogP contribution is -2.54. The van der Waals surface area contributed by atoms with E-state index in [1.807, 2.05) is 13.1 Å². The van der Waals surface area contributed by atoms with Crippen molar-refractivity contribution < 1.29 is 13.1 Å². The van der Waals surface area contributed by atoms with Gasteiger partial charge in [-0.05, 0) is 30.5 Å². The Hall–Kier alpha value is -2.18. The number of quaternary nitrogens is 1. The Labute approximate surface area is 205 Å². The van der Waals surface area contributed by atoms with Crippen molar-refractivity contribution in [2.75, 3.05) is 33.2 Å². The third kappa shape index (κ3) is 4.67. The van der Waals surface area contributed by atoms with E-state index >= 15 is 0 Å². The highest BCUT2D eigenvalue weighted by Gasteiger charge is 2.32. The maximum Gasteiger partial charge on any atom is 0.243 e. The minimum Gasteiger partial charge on any atom is -0.633 e. The zero-order valence-electron chi connectivity index (χ0n) is 20.2. The van der Waals surface area contributed by atoms with Gasteiger partial charge in [-0.15, -0.1) is 0 Å². The molecule has 34 heavy (non-hydrogen) atoms. The quantitative estimate of drug-likeness (QED) is 0.300. The van der Waals surface area contributed by atoms with Crippen LogP contribution in [0.1, 0.15) is 37.9 Å². The molecule has 1 fully saturated rings. The first kappa shape index (κ1) is 24.9. The molecule has 1 aliphatic rings. The monoisotopic (exact) mass is 504 g/mol. The maximum absolute atomic E-state index is 13.4. The Morgan fingerprint density at radius 2 is 1.85 bits per heavy atom. The highest BCUT2D eigenvalue weighted by atomic mass is 32.2. The topological polar surface area (TPSA) is 107 Å². The van der Waals surface area contributed by atoms with Crippen molar-refractivity contribution in [3.05, 3.63) is 39.3 Å². The summed E-state index contributed by atoms with van der Waals surface area (Å²) < 4.78 is 30.1. The molecule has 3 heterocycles. The van der Waals surface area contributed by atoms with Crippen LogP contribution in [0.3, 0.4) is 0 Å². The second-order valence-electron chi connectivity index (χ2n) is 9.15. The van der Waals surface area contributed by atoms with Crippen LogP contribution in [0.4, 0.5) is 0 Å². The summed E-state index contributed by atoms with van der Waals surface area (Å²) >= 11 is 5.65. The van der Waals surface area contributed by atoms with Gasteiger partial charge in [-0.25, -0.2) is 13.4 Å². The Bertz CT molecular complexity index is 1370. The van der Waals surface area contributed by atoms with Gasteiger partial charge in [-0.3, -0.25) is 4.68 Å². The van der Waals surface area contributed by atoms with Crippen LogP contribution in [0, 0.1) is 9.85 Å². The van der Waals surface area contributed by atoms with E-state index < -0.39 is 14.7 Å². The molecule has 4 rings (SSSR count). The highest BCUT2D eigenvalue weighted by Crippen LogP contribution is 2.30. The van der Waals surface area contributed by atoms with Gasteiger partial charge in [0.2, 0.25) is 10.0 Å². The molecular formula is C23H32N6O3S2. The fourth-order valence-corrected chi connectivity index (χ4v) is 6.24. The van der Waals surface area contributed by atoms with E-state index in [1.54, 1.807) is 23.9 Å². The summed E-state index contributed by atoms with van der Waals surface area (Å²) in [5.74, 6) is 0.547. The van der Waals surface area contributed by atoms with E-state index in [-0.39, 0.29) is 31.1 Å². The average Bonchev–Trinajstić information content (AvgIpc) is 3.09. The van der Waals surface area contributed by atoms with E-state index in [4.69, 9.17) is 17.2 Å². The smallest absolute Gasteiger partial charge is 0.243 e. The van der Waals surface area contributed by atoms with Crippen molar-refractivity contribution in [3.63, 3.8) is 0 Å². The molecule has 1 aliphatic heterocycles. The zero-order valence-corrected chi connectivity index (χ0v) is 21.8. The number of fused-ring (bicyclic) bond motifs is 1. The third-order valence-electron chi connectivity index (χ3n) is 6.39. The van der Waals surface area contributed by atoms with Gasteiger partial charge in [0.15, 0.2) is 0 Å². The highest BCUT2D eigenvalue weighted by molar-refractivity contribution is 7.89. The molecule has 1 aromatic carbocycles. The molecule has 1 N–H and O–H groups in total. The number of benzene rings is 1. The van der Waals surface area contributed by atoms with Gasteiger partial charge in [0.25, 0.3) is 0 Å². The van der Waals surface area contributed by atoms with Crippen LogP contribution >= 0.6 is 12.2 Å². The van der Waals surface area contributed by atoms with E-state index in [2.05, 4.69) is 23.9 Å². The van der Waals surface area contributed by atoms with Crippen LogP contribution in [0.25, 0.3) is 22.4 Å². The van der Waals surface area contributed by atoms with Crippen LogP contribution in [-0.4, -0.2) is 70.3 Å². The molecule has 2 aromatic heterocycles. The molecule has 184 valence electrons. The molecule has 3 aromatic rings. The summed E-state index contributed by atoms with van der Waals surface area (Å²) in [5, 5.41) is 16.8. The van der Waals surface area contributed by atoms with Crippen molar-refractivity contribution in [3.8, 4) is 11.4 Å². The van der Waals surface area contributed by atoms with E-state index in [1.165, 1.54) is 4.31 Å². The molecule has 9 nitrogen and oxygen atoms in total. The lowest BCUT2D eigenvalue weighted by atomic mass is 10.0. The normalized spacial score (nSPS) is 16.9. The Morgan fingerprint density at radius 3 is 2.50 bits per heavy atom. The number of hydrogen-bond donors (Lipinski definition) is 1. The second-order valence-corrected chi connectivity index (χ2v) is 11.5. The summed E-state index contributed by atoms with van der Waals surface area (Å²) in [5.41, 5.74) is 4.14. The molecule has 0 aliphatic carbocycles. The lowest BCUT2D eigenvalue weighted by Gasteiger charge is -2.44. The Balaban J connectivity index is 1.83. The average molecular weight is 505 g/mol. The first-order valence-corrected chi connectivity index (χ1v) is 13.6. The fraction of sp³-hybridized carbons (Fsp3) is 0.522. The summed E-state index contributed by atoms with van der Waals surface area (Å²) in [4.78, 5) is 8.31. The molecule has 0 spiro atoms. The number of likely N-dealkylation sites (N-methyl/N-ethyl adjacent to an activating group) is 1. The Morgan fingerprint density at radius 1 is 1.18 bits per heavy atom. The minimum absolute atomic E-state index is 0.200. The van der Waals surface area contributed by atoms with Crippen LogP contribution < -0.4 is 0 Å². The largest absolute Gasteiger partial charge is 0.633 e. The number of nitrogens with one attached hydrogen (secondary N) is 1. The number of hydrogen-bond acceptors (Lipinski definition) is 6. The van der Waals surface area contributed by atoms with Crippen molar-refractivity contribution in [2.24, 2.45) is 7.05 Å². The van der Waals surface area contributed by atoms with Crippen LogP contribution in [0.15, 0.2) is 23.1 Å². The number of hydroxylamine groups is 3. The molecule has 0 bridgehead atoms. The SMILES string of the molecule is CCCc1ccc(S(=O)(=O)N2CC[N+](C)([O-])CC2)cc1-c1nc2c(CCC)nn(C)c2c(=S)[nH]1. The van der Waals surface area contributed by atoms with Gasteiger partial charge in [-0.1, -0.05) is 45.0 Å². The van der Waals surface area contributed by atoms with E-state index in [0.717, 1.165) is 53.5 Å². The van der Waals surface area contributed by atoms with Gasteiger partial charge >= 0.3 is 0 Å². The van der Waals surface area contributed by atoms with Gasteiger partial charge in [0.1, 0.15) is 21.5 Å². The first-order chi connectivity index (χ1) is 16.1. The third-order valence-corrected chi connectivity index (χ3v) is 8.58. The number of rotatable bonds is 7. The predicted octanol–water partition coefficient (Wildman–Crippen LogP) is 3.55. The molecule has 0 amide bonds. The number of H-pyrrole nitrogens is 1. The van der Waals surface area contributed by atoms with Crippen molar-refractivity contribution >= 4 is 33.3 Å². The number of piperazine rings is 1. The van der Waals surface area contributed by atoms with Gasteiger partial charge in [0, 0.05) is 12.6 Å². The Kier molecular flexibility index (Phi) is 6.94. The van der Waals surface area contributed by atoms with Gasteiger partial charge < -0.3 is 14.8 Å². The molecule has 0 radical (unpaired) electrons. The molecule has 11 heteroatoms. The van der Waals surface area contributed by atoms with Crippen molar-refractivity contribution in [1.82, 2.24) is 24.1 Å². The zero-order chi connectivity index (χ0) is 24.7.